The molecule has 2 aliphatic rings. The van der Waals surface area contributed by atoms with Crippen LogP contribution in [0.4, 0.5) is 0 Å². The van der Waals surface area contributed by atoms with Gasteiger partial charge in [0.1, 0.15) is 0 Å². The molecule has 0 spiro atoms. The van der Waals surface area contributed by atoms with Crippen molar-refractivity contribution in [3.8, 4) is 0 Å². The standard InChI is InChI=1S/C18H25Cl2N3O3S/c1-14-4-6-22(7-5-14)18(24)13-21-8-10-23(11-9-21)27(25,26)15-2-3-16(19)17(20)12-15/h2-3,12,14H,4-11,13H2,1H3. The summed E-state index contributed by atoms with van der Waals surface area (Å²) in [6, 6.07) is 4.34. The van der Waals surface area contributed by atoms with Gasteiger partial charge in [0.2, 0.25) is 15.9 Å². The molecule has 1 aromatic rings. The first-order valence-corrected chi connectivity index (χ1v) is 11.4. The van der Waals surface area contributed by atoms with E-state index in [1.807, 2.05) is 9.80 Å². The van der Waals surface area contributed by atoms with Gasteiger partial charge in [-0.1, -0.05) is 30.1 Å². The number of benzene rings is 1. The van der Waals surface area contributed by atoms with E-state index in [0.717, 1.165) is 25.9 Å². The number of likely N-dealkylation sites (tertiary alicyclic amines) is 1. The number of rotatable bonds is 4. The van der Waals surface area contributed by atoms with Crippen molar-refractivity contribution in [2.24, 2.45) is 5.92 Å². The lowest BCUT2D eigenvalue weighted by Gasteiger charge is -2.36. The lowest BCUT2D eigenvalue weighted by Crippen LogP contribution is -2.52. The molecule has 6 nitrogen and oxygen atoms in total. The first-order valence-electron chi connectivity index (χ1n) is 9.22. The predicted molar refractivity (Wildman–Crippen MR) is 107 cm³/mol. The molecule has 27 heavy (non-hydrogen) atoms. The van der Waals surface area contributed by atoms with Gasteiger partial charge in [0, 0.05) is 39.3 Å². The van der Waals surface area contributed by atoms with Gasteiger partial charge < -0.3 is 4.90 Å². The average Bonchev–Trinajstić information content (AvgIpc) is 2.65. The summed E-state index contributed by atoms with van der Waals surface area (Å²) >= 11 is 11.8. The van der Waals surface area contributed by atoms with Crippen molar-refractivity contribution < 1.29 is 13.2 Å². The van der Waals surface area contributed by atoms with Crippen LogP contribution in [0, 0.1) is 5.92 Å². The van der Waals surface area contributed by atoms with Crippen molar-refractivity contribution >= 4 is 39.1 Å². The van der Waals surface area contributed by atoms with Crippen LogP contribution in [0.5, 0.6) is 0 Å². The molecule has 150 valence electrons. The maximum atomic E-state index is 12.8. The van der Waals surface area contributed by atoms with E-state index in [1.165, 1.54) is 22.5 Å². The van der Waals surface area contributed by atoms with Gasteiger partial charge in [0.15, 0.2) is 0 Å². The molecule has 2 aliphatic heterocycles. The average molecular weight is 434 g/mol. The fourth-order valence-corrected chi connectivity index (χ4v) is 5.28. The maximum Gasteiger partial charge on any atom is 0.243 e. The topological polar surface area (TPSA) is 60.9 Å². The number of carbonyl (C=O) groups is 1. The molecule has 0 atom stereocenters. The van der Waals surface area contributed by atoms with E-state index in [2.05, 4.69) is 6.92 Å². The third-order valence-corrected chi connectivity index (χ3v) is 7.99. The van der Waals surface area contributed by atoms with Crippen molar-refractivity contribution in [2.75, 3.05) is 45.8 Å². The second kappa shape index (κ2) is 8.66. The quantitative estimate of drug-likeness (QED) is 0.731. The second-order valence-electron chi connectivity index (χ2n) is 7.32. The Morgan fingerprint density at radius 1 is 1.04 bits per heavy atom. The number of amides is 1. The van der Waals surface area contributed by atoms with Crippen molar-refractivity contribution in [2.45, 2.75) is 24.7 Å². The Kier molecular flexibility index (Phi) is 6.69. The van der Waals surface area contributed by atoms with Gasteiger partial charge >= 0.3 is 0 Å². The minimum absolute atomic E-state index is 0.141. The molecular formula is C18H25Cl2N3O3S. The SMILES string of the molecule is CC1CCN(C(=O)CN2CCN(S(=O)(=O)c3ccc(Cl)c(Cl)c3)CC2)CC1. The smallest absolute Gasteiger partial charge is 0.243 e. The first kappa shape index (κ1) is 20.9. The summed E-state index contributed by atoms with van der Waals surface area (Å²) in [5.41, 5.74) is 0. The lowest BCUT2D eigenvalue weighted by molar-refractivity contribution is -0.134. The number of sulfonamides is 1. The summed E-state index contributed by atoms with van der Waals surface area (Å²) in [6.45, 7) is 6.01. The molecule has 0 unspecified atom stereocenters. The normalized spacial score (nSPS) is 20.8. The fourth-order valence-electron chi connectivity index (χ4n) is 3.46. The molecule has 0 saturated carbocycles. The van der Waals surface area contributed by atoms with E-state index in [1.54, 1.807) is 0 Å². The highest BCUT2D eigenvalue weighted by molar-refractivity contribution is 7.89. The molecule has 2 heterocycles. The molecule has 2 fully saturated rings. The minimum atomic E-state index is -3.61. The Labute approximate surface area is 171 Å². The number of halogens is 2. The van der Waals surface area contributed by atoms with Crippen molar-refractivity contribution in [3.05, 3.63) is 28.2 Å². The van der Waals surface area contributed by atoms with Gasteiger partial charge in [-0.3, -0.25) is 9.69 Å². The van der Waals surface area contributed by atoms with Gasteiger partial charge in [0.25, 0.3) is 0 Å². The van der Waals surface area contributed by atoms with Gasteiger partial charge in [0.05, 0.1) is 21.5 Å². The van der Waals surface area contributed by atoms with Gasteiger partial charge in [-0.05, 0) is 37.0 Å². The number of piperidine rings is 1. The summed E-state index contributed by atoms with van der Waals surface area (Å²) in [4.78, 5) is 16.6. The molecule has 0 radical (unpaired) electrons. The van der Waals surface area contributed by atoms with Gasteiger partial charge in [-0.25, -0.2) is 8.42 Å². The highest BCUT2D eigenvalue weighted by atomic mass is 35.5. The zero-order valence-corrected chi connectivity index (χ0v) is 17.7. The van der Waals surface area contributed by atoms with Crippen molar-refractivity contribution in [1.29, 1.82) is 0 Å². The molecule has 0 bridgehead atoms. The molecule has 0 aliphatic carbocycles. The van der Waals surface area contributed by atoms with Crippen LogP contribution in [0.1, 0.15) is 19.8 Å². The molecule has 0 aromatic heterocycles. The van der Waals surface area contributed by atoms with Crippen LogP contribution in [-0.4, -0.2) is 74.2 Å². The van der Waals surface area contributed by atoms with E-state index in [4.69, 9.17) is 23.2 Å². The predicted octanol–water partition coefficient (Wildman–Crippen LogP) is 2.56. The number of hydrogen-bond donors (Lipinski definition) is 0. The fraction of sp³-hybridized carbons (Fsp3) is 0.611. The monoisotopic (exact) mass is 433 g/mol. The van der Waals surface area contributed by atoms with E-state index >= 15 is 0 Å². The first-order chi connectivity index (χ1) is 12.8. The van der Waals surface area contributed by atoms with E-state index in [9.17, 15) is 13.2 Å². The van der Waals surface area contributed by atoms with Crippen LogP contribution in [0.25, 0.3) is 0 Å². The van der Waals surface area contributed by atoms with Crippen LogP contribution in [0.2, 0.25) is 10.0 Å². The number of hydrogen-bond acceptors (Lipinski definition) is 4. The lowest BCUT2D eigenvalue weighted by atomic mass is 9.99. The molecule has 2 saturated heterocycles. The van der Waals surface area contributed by atoms with Crippen LogP contribution < -0.4 is 0 Å². The zero-order valence-electron chi connectivity index (χ0n) is 15.4. The molecular weight excluding hydrogens is 409 g/mol. The molecule has 0 N–H and O–H groups in total. The highest BCUT2D eigenvalue weighted by Gasteiger charge is 2.30. The highest BCUT2D eigenvalue weighted by Crippen LogP contribution is 2.27. The van der Waals surface area contributed by atoms with Crippen LogP contribution in [0.15, 0.2) is 23.1 Å². The Bertz CT molecular complexity index is 787. The Morgan fingerprint density at radius 2 is 1.67 bits per heavy atom. The Hall–Kier alpha value is -0.860. The molecule has 1 amide bonds. The number of carbonyl (C=O) groups excluding carboxylic acids is 1. The van der Waals surface area contributed by atoms with Crippen LogP contribution >= 0.6 is 23.2 Å². The summed E-state index contributed by atoms with van der Waals surface area (Å²) in [5.74, 6) is 0.826. The Balaban J connectivity index is 1.55. The minimum Gasteiger partial charge on any atom is -0.342 e. The summed E-state index contributed by atoms with van der Waals surface area (Å²) in [5, 5.41) is 0.545. The molecule has 9 heteroatoms. The van der Waals surface area contributed by atoms with Crippen molar-refractivity contribution in [1.82, 2.24) is 14.1 Å². The van der Waals surface area contributed by atoms with E-state index in [-0.39, 0.29) is 15.8 Å². The second-order valence-corrected chi connectivity index (χ2v) is 10.1. The zero-order chi connectivity index (χ0) is 19.6. The van der Waals surface area contributed by atoms with Crippen LogP contribution in [-0.2, 0) is 14.8 Å². The maximum absolute atomic E-state index is 12.8. The van der Waals surface area contributed by atoms with E-state index in [0.29, 0.717) is 43.7 Å². The molecule has 1 aromatic carbocycles. The van der Waals surface area contributed by atoms with Gasteiger partial charge in [-0.2, -0.15) is 4.31 Å². The van der Waals surface area contributed by atoms with Gasteiger partial charge in [-0.15, -0.1) is 0 Å². The van der Waals surface area contributed by atoms with Crippen molar-refractivity contribution in [3.63, 3.8) is 0 Å². The summed E-state index contributed by atoms with van der Waals surface area (Å²) < 4.78 is 27.0. The van der Waals surface area contributed by atoms with E-state index < -0.39 is 10.0 Å². The Morgan fingerprint density at radius 3 is 2.26 bits per heavy atom. The number of nitrogens with zero attached hydrogens (tertiary/aromatic N) is 3. The number of piperazine rings is 1. The molecule has 3 rings (SSSR count). The summed E-state index contributed by atoms with van der Waals surface area (Å²) in [7, 11) is -3.61. The third kappa shape index (κ3) is 4.95. The van der Waals surface area contributed by atoms with Crippen LogP contribution in [0.3, 0.4) is 0 Å². The third-order valence-electron chi connectivity index (χ3n) is 5.36. The largest absolute Gasteiger partial charge is 0.342 e. The summed E-state index contributed by atoms with van der Waals surface area (Å²) in [6.07, 6.45) is 2.11.